The van der Waals surface area contributed by atoms with Gasteiger partial charge in [-0.25, -0.2) is 13.1 Å². The van der Waals surface area contributed by atoms with Gasteiger partial charge in [-0.05, 0) is 38.1 Å². The number of rotatable bonds is 6. The van der Waals surface area contributed by atoms with Gasteiger partial charge in [0.1, 0.15) is 4.90 Å². The quantitative estimate of drug-likeness (QED) is 0.850. The molecule has 2 rings (SSSR count). The molecule has 1 heterocycles. The molecule has 2 N–H and O–H groups in total. The second-order valence-electron chi connectivity index (χ2n) is 4.84. The number of aromatic nitrogens is 2. The van der Waals surface area contributed by atoms with E-state index in [0.717, 1.165) is 5.69 Å². The molecule has 1 aromatic heterocycles. The number of benzene rings is 1. The molecule has 21 heavy (non-hydrogen) atoms. The first-order valence-corrected chi connectivity index (χ1v) is 8.09. The molecule has 2 aromatic rings. The topological polar surface area (TPSA) is 84.0 Å². The minimum Gasteiger partial charge on any atom is -0.378 e. The molecule has 0 aliphatic rings. The van der Waals surface area contributed by atoms with Crippen molar-refractivity contribution in [3.8, 4) is 0 Å². The van der Waals surface area contributed by atoms with Gasteiger partial charge in [-0.15, -0.1) is 0 Å². The van der Waals surface area contributed by atoms with E-state index in [2.05, 4.69) is 20.2 Å². The van der Waals surface area contributed by atoms with Crippen LogP contribution in [0.25, 0.3) is 0 Å². The first-order valence-electron chi connectivity index (χ1n) is 6.61. The zero-order valence-corrected chi connectivity index (χ0v) is 12.8. The highest BCUT2D eigenvalue weighted by atomic mass is 32.2. The Morgan fingerprint density at radius 2 is 1.90 bits per heavy atom. The second-order valence-corrected chi connectivity index (χ2v) is 6.52. The van der Waals surface area contributed by atoms with Gasteiger partial charge in [0.2, 0.25) is 10.0 Å². The van der Waals surface area contributed by atoms with E-state index in [0.29, 0.717) is 12.2 Å². The van der Waals surface area contributed by atoms with Crippen LogP contribution in [0.1, 0.15) is 19.5 Å². The predicted octanol–water partition coefficient (Wildman–Crippen LogP) is 1.78. The van der Waals surface area contributed by atoms with Crippen LogP contribution in [0, 0.1) is 0 Å². The van der Waals surface area contributed by atoms with Gasteiger partial charge in [-0.3, -0.25) is 0 Å². The molecule has 112 valence electrons. The lowest BCUT2D eigenvalue weighted by atomic mass is 10.3. The average molecular weight is 306 g/mol. The predicted molar refractivity (Wildman–Crippen MR) is 81.3 cm³/mol. The van der Waals surface area contributed by atoms with Gasteiger partial charge in [0.05, 0.1) is 17.9 Å². The zero-order chi connectivity index (χ0) is 15.3. The molecule has 6 nitrogen and oxygen atoms in total. The molecule has 0 unspecified atom stereocenters. The summed E-state index contributed by atoms with van der Waals surface area (Å²) in [4.78, 5) is 0.225. The number of nitrogens with one attached hydrogen (secondary N) is 2. The Hall–Kier alpha value is -1.99. The number of para-hydroxylation sites is 1. The normalized spacial score (nSPS) is 11.6. The van der Waals surface area contributed by atoms with Crippen LogP contribution in [0.3, 0.4) is 0 Å². The number of hydrogen-bond donors (Lipinski definition) is 2. The SMILES string of the molecule is CC(C)NS(=O)(=O)c1ccccc1NCc1cccnn1. The van der Waals surface area contributed by atoms with Crippen LogP contribution in [0.4, 0.5) is 5.69 Å². The van der Waals surface area contributed by atoms with E-state index in [-0.39, 0.29) is 10.9 Å². The molecule has 0 radical (unpaired) electrons. The second kappa shape index (κ2) is 6.64. The summed E-state index contributed by atoms with van der Waals surface area (Å²) in [5.41, 5.74) is 1.28. The van der Waals surface area contributed by atoms with Crippen molar-refractivity contribution in [2.24, 2.45) is 0 Å². The van der Waals surface area contributed by atoms with Gasteiger partial charge in [0.15, 0.2) is 0 Å². The fraction of sp³-hybridized carbons (Fsp3) is 0.286. The van der Waals surface area contributed by atoms with Crippen LogP contribution in [0.2, 0.25) is 0 Å². The Labute approximate surface area is 124 Å². The van der Waals surface area contributed by atoms with E-state index in [1.807, 2.05) is 6.07 Å². The van der Waals surface area contributed by atoms with Gasteiger partial charge in [0.25, 0.3) is 0 Å². The lowest BCUT2D eigenvalue weighted by Crippen LogP contribution is -2.30. The minimum atomic E-state index is -3.54. The summed E-state index contributed by atoms with van der Waals surface area (Å²) in [6.45, 7) is 3.97. The molecular weight excluding hydrogens is 288 g/mol. The molecule has 0 aliphatic heterocycles. The van der Waals surface area contributed by atoms with E-state index in [1.54, 1.807) is 50.4 Å². The van der Waals surface area contributed by atoms with Crippen molar-refractivity contribution >= 4 is 15.7 Å². The fourth-order valence-corrected chi connectivity index (χ4v) is 3.27. The Balaban J connectivity index is 2.21. The summed E-state index contributed by atoms with van der Waals surface area (Å²) in [6, 6.07) is 10.2. The first-order chi connectivity index (χ1) is 9.99. The number of anilines is 1. The Kier molecular flexibility index (Phi) is 4.87. The Morgan fingerprint density at radius 3 is 2.57 bits per heavy atom. The number of sulfonamides is 1. The summed E-state index contributed by atoms with van der Waals surface area (Å²) >= 11 is 0. The Bertz CT molecular complexity index is 687. The zero-order valence-electron chi connectivity index (χ0n) is 11.9. The molecule has 0 bridgehead atoms. The van der Waals surface area contributed by atoms with Crippen molar-refractivity contribution in [1.82, 2.24) is 14.9 Å². The molecule has 0 aliphatic carbocycles. The summed E-state index contributed by atoms with van der Waals surface area (Å²) in [5, 5.41) is 10.8. The van der Waals surface area contributed by atoms with Crippen molar-refractivity contribution in [2.45, 2.75) is 31.3 Å². The smallest absolute Gasteiger partial charge is 0.242 e. The molecule has 0 saturated heterocycles. The average Bonchev–Trinajstić information content (AvgIpc) is 2.45. The van der Waals surface area contributed by atoms with Crippen LogP contribution in [-0.2, 0) is 16.6 Å². The van der Waals surface area contributed by atoms with Gasteiger partial charge in [-0.1, -0.05) is 12.1 Å². The summed E-state index contributed by atoms with van der Waals surface area (Å²) in [6.07, 6.45) is 1.59. The molecule has 0 fully saturated rings. The molecule has 0 atom stereocenters. The number of nitrogens with zero attached hydrogens (tertiary/aromatic N) is 2. The van der Waals surface area contributed by atoms with Crippen molar-refractivity contribution in [2.75, 3.05) is 5.32 Å². The highest BCUT2D eigenvalue weighted by Gasteiger charge is 2.18. The maximum Gasteiger partial charge on any atom is 0.242 e. The van der Waals surface area contributed by atoms with E-state index in [1.165, 1.54) is 0 Å². The van der Waals surface area contributed by atoms with Crippen molar-refractivity contribution in [1.29, 1.82) is 0 Å². The third-order valence-corrected chi connectivity index (χ3v) is 4.37. The van der Waals surface area contributed by atoms with Crippen LogP contribution >= 0.6 is 0 Å². The summed E-state index contributed by atoms with van der Waals surface area (Å²) in [7, 11) is -3.54. The van der Waals surface area contributed by atoms with Crippen LogP contribution in [-0.4, -0.2) is 24.7 Å². The molecule has 7 heteroatoms. The first kappa shape index (κ1) is 15.4. The fourth-order valence-electron chi connectivity index (χ4n) is 1.83. The van der Waals surface area contributed by atoms with Crippen molar-refractivity contribution in [3.05, 3.63) is 48.3 Å². The van der Waals surface area contributed by atoms with Crippen molar-refractivity contribution < 1.29 is 8.42 Å². The molecular formula is C14H18N4O2S. The van der Waals surface area contributed by atoms with Crippen LogP contribution in [0.5, 0.6) is 0 Å². The standard InChI is InChI=1S/C14H18N4O2S/c1-11(2)18-21(19,20)14-8-4-3-7-13(14)15-10-12-6-5-9-16-17-12/h3-9,11,15,18H,10H2,1-2H3. The lowest BCUT2D eigenvalue weighted by Gasteiger charge is -2.14. The minimum absolute atomic E-state index is 0.164. The van der Waals surface area contributed by atoms with Gasteiger partial charge < -0.3 is 5.32 Å². The lowest BCUT2D eigenvalue weighted by molar-refractivity contribution is 0.570. The maximum absolute atomic E-state index is 12.3. The van der Waals surface area contributed by atoms with Gasteiger partial charge >= 0.3 is 0 Å². The van der Waals surface area contributed by atoms with Crippen LogP contribution in [0.15, 0.2) is 47.5 Å². The molecule has 0 saturated carbocycles. The van der Waals surface area contributed by atoms with E-state index in [9.17, 15) is 8.42 Å². The third kappa shape index (κ3) is 4.24. The van der Waals surface area contributed by atoms with E-state index >= 15 is 0 Å². The maximum atomic E-state index is 12.3. The Morgan fingerprint density at radius 1 is 1.14 bits per heavy atom. The number of hydrogen-bond acceptors (Lipinski definition) is 5. The van der Waals surface area contributed by atoms with Crippen molar-refractivity contribution in [3.63, 3.8) is 0 Å². The van der Waals surface area contributed by atoms with Crippen LogP contribution < -0.4 is 10.0 Å². The molecule has 0 amide bonds. The highest BCUT2D eigenvalue weighted by molar-refractivity contribution is 7.89. The third-order valence-electron chi connectivity index (χ3n) is 2.65. The summed E-state index contributed by atoms with van der Waals surface area (Å²) in [5.74, 6) is 0. The van der Waals surface area contributed by atoms with Gasteiger partial charge in [-0.2, -0.15) is 10.2 Å². The molecule has 1 aromatic carbocycles. The summed E-state index contributed by atoms with van der Waals surface area (Å²) < 4.78 is 27.2. The van der Waals surface area contributed by atoms with E-state index in [4.69, 9.17) is 0 Å². The van der Waals surface area contributed by atoms with E-state index < -0.39 is 10.0 Å². The largest absolute Gasteiger partial charge is 0.378 e. The van der Waals surface area contributed by atoms with Gasteiger partial charge in [0, 0.05) is 12.2 Å². The highest BCUT2D eigenvalue weighted by Crippen LogP contribution is 2.21. The molecule has 0 spiro atoms. The monoisotopic (exact) mass is 306 g/mol.